The SMILES string of the molecule is CC(C)N1CCC(C)(C)CC1.CCCCC.CCCCC. The normalized spacial score (nSPS) is 17.6. The quantitative estimate of drug-likeness (QED) is 0.533. The summed E-state index contributed by atoms with van der Waals surface area (Å²) < 4.78 is 0. The minimum absolute atomic E-state index is 0.603. The minimum atomic E-state index is 0.603. The maximum atomic E-state index is 2.57. The van der Waals surface area contributed by atoms with Crippen molar-refractivity contribution in [3.05, 3.63) is 0 Å². The van der Waals surface area contributed by atoms with E-state index in [4.69, 9.17) is 0 Å². The zero-order chi connectivity index (χ0) is 16.7. The van der Waals surface area contributed by atoms with Gasteiger partial charge in [0.2, 0.25) is 0 Å². The van der Waals surface area contributed by atoms with Gasteiger partial charge in [-0.1, -0.05) is 80.1 Å². The number of hydrogen-bond acceptors (Lipinski definition) is 1. The molecule has 0 unspecified atom stereocenters. The van der Waals surface area contributed by atoms with E-state index in [1.807, 2.05) is 0 Å². The Hall–Kier alpha value is -0.0400. The van der Waals surface area contributed by atoms with E-state index in [1.54, 1.807) is 0 Å². The highest BCUT2D eigenvalue weighted by Gasteiger charge is 2.25. The smallest absolute Gasteiger partial charge is 0.00385 e. The summed E-state index contributed by atoms with van der Waals surface area (Å²) in [5.41, 5.74) is 0.603. The Bertz CT molecular complexity index is 176. The Morgan fingerprint density at radius 3 is 1.29 bits per heavy atom. The summed E-state index contributed by atoms with van der Waals surface area (Å²) in [4.78, 5) is 2.57. The van der Waals surface area contributed by atoms with Gasteiger partial charge in [-0.2, -0.15) is 0 Å². The van der Waals surface area contributed by atoms with Crippen LogP contribution in [-0.2, 0) is 0 Å². The first-order valence-electron chi connectivity index (χ1n) is 9.58. The van der Waals surface area contributed by atoms with Gasteiger partial charge in [0.05, 0.1) is 0 Å². The summed E-state index contributed by atoms with van der Waals surface area (Å²) >= 11 is 0. The molecule has 1 heterocycles. The molecule has 0 aromatic rings. The molecule has 1 saturated heterocycles. The van der Waals surface area contributed by atoms with Crippen LogP contribution in [0.3, 0.4) is 0 Å². The fourth-order valence-corrected chi connectivity index (χ4v) is 2.35. The topological polar surface area (TPSA) is 3.24 Å². The van der Waals surface area contributed by atoms with Crippen LogP contribution in [0.15, 0.2) is 0 Å². The van der Waals surface area contributed by atoms with Crippen molar-refractivity contribution < 1.29 is 0 Å². The van der Waals surface area contributed by atoms with Crippen molar-refractivity contribution in [1.29, 1.82) is 0 Å². The van der Waals surface area contributed by atoms with E-state index in [9.17, 15) is 0 Å². The summed E-state index contributed by atoms with van der Waals surface area (Å²) in [5.74, 6) is 0. The molecule has 0 aromatic carbocycles. The van der Waals surface area contributed by atoms with E-state index in [0.717, 1.165) is 6.04 Å². The second kappa shape index (κ2) is 14.9. The average molecular weight is 300 g/mol. The van der Waals surface area contributed by atoms with Crippen LogP contribution >= 0.6 is 0 Å². The molecule has 1 aliphatic heterocycles. The summed E-state index contributed by atoms with van der Waals surface area (Å²) in [5, 5.41) is 0. The molecule has 1 aliphatic rings. The average Bonchev–Trinajstić information content (AvgIpc) is 2.41. The van der Waals surface area contributed by atoms with Crippen molar-refractivity contribution >= 4 is 0 Å². The zero-order valence-electron chi connectivity index (χ0n) is 16.6. The Morgan fingerprint density at radius 1 is 0.762 bits per heavy atom. The minimum Gasteiger partial charge on any atom is -0.301 e. The molecule has 21 heavy (non-hydrogen) atoms. The van der Waals surface area contributed by atoms with E-state index in [1.165, 1.54) is 64.5 Å². The van der Waals surface area contributed by atoms with E-state index in [0.29, 0.717) is 5.41 Å². The second-order valence-electron chi connectivity index (χ2n) is 7.50. The molecule has 0 spiro atoms. The van der Waals surface area contributed by atoms with E-state index < -0.39 is 0 Å². The van der Waals surface area contributed by atoms with E-state index >= 15 is 0 Å². The molecule has 0 N–H and O–H groups in total. The van der Waals surface area contributed by atoms with Gasteiger partial charge >= 0.3 is 0 Å². The summed E-state index contributed by atoms with van der Waals surface area (Å²) in [6, 6.07) is 0.742. The maximum Gasteiger partial charge on any atom is 0.00385 e. The molecule has 0 bridgehead atoms. The lowest BCUT2D eigenvalue weighted by Crippen LogP contribution is -2.41. The van der Waals surface area contributed by atoms with Crippen molar-refractivity contribution in [2.45, 2.75) is 113 Å². The molecule has 0 aromatic heterocycles. The molecule has 0 atom stereocenters. The van der Waals surface area contributed by atoms with Gasteiger partial charge in [-0.15, -0.1) is 0 Å². The van der Waals surface area contributed by atoms with E-state index in [-0.39, 0.29) is 0 Å². The highest BCUT2D eigenvalue weighted by molar-refractivity contribution is 4.79. The predicted molar refractivity (Wildman–Crippen MR) is 100 cm³/mol. The lowest BCUT2D eigenvalue weighted by molar-refractivity contribution is 0.107. The first-order chi connectivity index (χ1) is 9.84. The number of likely N-dealkylation sites (tertiary alicyclic amines) is 1. The van der Waals surface area contributed by atoms with Crippen molar-refractivity contribution in [3.8, 4) is 0 Å². The van der Waals surface area contributed by atoms with E-state index in [2.05, 4.69) is 60.3 Å². The van der Waals surface area contributed by atoms with Crippen LogP contribution in [-0.4, -0.2) is 24.0 Å². The number of piperidine rings is 1. The Balaban J connectivity index is 0. The van der Waals surface area contributed by atoms with Crippen LogP contribution < -0.4 is 0 Å². The third kappa shape index (κ3) is 16.2. The predicted octanol–water partition coefficient (Wildman–Crippen LogP) is 6.91. The van der Waals surface area contributed by atoms with Gasteiger partial charge in [0.15, 0.2) is 0 Å². The monoisotopic (exact) mass is 299 g/mol. The third-order valence-corrected chi connectivity index (χ3v) is 4.30. The van der Waals surface area contributed by atoms with Crippen LogP contribution in [0.2, 0.25) is 0 Å². The van der Waals surface area contributed by atoms with Crippen molar-refractivity contribution in [2.24, 2.45) is 5.41 Å². The molecule has 1 fully saturated rings. The maximum absolute atomic E-state index is 2.57. The van der Waals surface area contributed by atoms with Crippen molar-refractivity contribution in [1.82, 2.24) is 4.90 Å². The van der Waals surface area contributed by atoms with Gasteiger partial charge in [0, 0.05) is 6.04 Å². The van der Waals surface area contributed by atoms with Gasteiger partial charge < -0.3 is 4.90 Å². The second-order valence-corrected chi connectivity index (χ2v) is 7.50. The Kier molecular flexibility index (Phi) is 16.5. The van der Waals surface area contributed by atoms with Gasteiger partial charge in [0.1, 0.15) is 0 Å². The third-order valence-electron chi connectivity index (χ3n) is 4.30. The molecule has 0 saturated carbocycles. The molecular formula is C20H45N. The summed E-state index contributed by atoms with van der Waals surface area (Å²) in [7, 11) is 0. The van der Waals surface area contributed by atoms with Gasteiger partial charge in [-0.25, -0.2) is 0 Å². The van der Waals surface area contributed by atoms with Gasteiger partial charge in [-0.05, 0) is 45.2 Å². The fraction of sp³-hybridized carbons (Fsp3) is 1.00. The van der Waals surface area contributed by atoms with Crippen LogP contribution in [0.5, 0.6) is 0 Å². The highest BCUT2D eigenvalue weighted by Crippen LogP contribution is 2.30. The van der Waals surface area contributed by atoms with Gasteiger partial charge in [-0.3, -0.25) is 0 Å². The first kappa shape index (κ1) is 23.2. The fourth-order valence-electron chi connectivity index (χ4n) is 2.35. The summed E-state index contributed by atoms with van der Waals surface area (Å²) in [6.07, 6.45) is 10.9. The molecule has 1 heteroatoms. The number of hydrogen-bond donors (Lipinski definition) is 0. The van der Waals surface area contributed by atoms with Crippen LogP contribution in [0.4, 0.5) is 0 Å². The molecule has 130 valence electrons. The molecule has 1 rings (SSSR count). The first-order valence-corrected chi connectivity index (χ1v) is 9.58. The van der Waals surface area contributed by atoms with Crippen molar-refractivity contribution in [3.63, 3.8) is 0 Å². The van der Waals surface area contributed by atoms with Gasteiger partial charge in [0.25, 0.3) is 0 Å². The molecule has 1 nitrogen and oxygen atoms in total. The van der Waals surface area contributed by atoms with Crippen LogP contribution in [0, 0.1) is 5.41 Å². The lowest BCUT2D eigenvalue weighted by Gasteiger charge is -2.38. The van der Waals surface area contributed by atoms with Crippen LogP contribution in [0.25, 0.3) is 0 Å². The van der Waals surface area contributed by atoms with Crippen molar-refractivity contribution in [2.75, 3.05) is 13.1 Å². The molecule has 0 radical (unpaired) electrons. The van der Waals surface area contributed by atoms with Crippen LogP contribution in [0.1, 0.15) is 107 Å². The zero-order valence-corrected chi connectivity index (χ0v) is 16.6. The number of nitrogens with zero attached hydrogens (tertiary/aromatic N) is 1. The highest BCUT2D eigenvalue weighted by atomic mass is 15.1. The number of rotatable bonds is 5. The molecule has 0 amide bonds. The summed E-state index contributed by atoms with van der Waals surface area (Å²) in [6.45, 7) is 20.8. The molecular weight excluding hydrogens is 254 g/mol. The Labute approximate surface area is 136 Å². The standard InChI is InChI=1S/C10H21N.2C5H12/c1-9(2)11-7-5-10(3,4)6-8-11;2*1-3-5-4-2/h9H,5-8H2,1-4H3;2*3-5H2,1-2H3. The largest absolute Gasteiger partial charge is 0.301 e. The number of unbranched alkanes of at least 4 members (excludes halogenated alkanes) is 4. The lowest BCUT2D eigenvalue weighted by atomic mass is 9.82. The Morgan fingerprint density at radius 2 is 1.10 bits per heavy atom. The molecule has 0 aliphatic carbocycles.